The summed E-state index contributed by atoms with van der Waals surface area (Å²) < 4.78 is 0. The third kappa shape index (κ3) is 12.6. The smallest absolute Gasteiger partial charge is 0.0558 e. The lowest BCUT2D eigenvalue weighted by atomic mass is 10.1. The van der Waals surface area contributed by atoms with Crippen molar-refractivity contribution in [3.63, 3.8) is 0 Å². The molecule has 0 spiro atoms. The average Bonchev–Trinajstić information content (AvgIpc) is 2.33. The van der Waals surface area contributed by atoms with Crippen molar-refractivity contribution in [3.8, 4) is 0 Å². The molecule has 0 saturated heterocycles. The summed E-state index contributed by atoms with van der Waals surface area (Å²) in [5, 5.41) is 10.1. The summed E-state index contributed by atoms with van der Waals surface area (Å²) in [6, 6.07) is 0. The van der Waals surface area contributed by atoms with Gasteiger partial charge in [-0.2, -0.15) is 0 Å². The highest BCUT2D eigenvalue weighted by molar-refractivity contribution is 9.09. The van der Waals surface area contributed by atoms with Gasteiger partial charge in [0.05, 0.1) is 6.61 Å². The second-order valence-electron chi connectivity index (χ2n) is 4.73. The fraction of sp³-hybridized carbons (Fsp3) is 1.00. The van der Waals surface area contributed by atoms with Gasteiger partial charge in [0.15, 0.2) is 0 Å². The van der Waals surface area contributed by atoms with Crippen molar-refractivity contribution in [3.05, 3.63) is 0 Å². The zero-order chi connectivity index (χ0) is 12.8. The molecule has 0 bridgehead atoms. The van der Waals surface area contributed by atoms with E-state index in [2.05, 4.69) is 27.8 Å². The number of alkyl halides is 1. The van der Waals surface area contributed by atoms with Crippen LogP contribution in [0.1, 0.15) is 58.3 Å². The molecule has 104 valence electrons. The van der Waals surface area contributed by atoms with E-state index in [0.717, 1.165) is 25.0 Å². The number of aliphatic hydroxyl groups is 1. The Morgan fingerprint density at radius 1 is 0.824 bits per heavy atom. The fourth-order valence-electron chi connectivity index (χ4n) is 2.11. The molecule has 0 radical (unpaired) electrons. The highest BCUT2D eigenvalue weighted by atomic mass is 79.9. The van der Waals surface area contributed by atoms with E-state index in [9.17, 15) is 0 Å². The van der Waals surface area contributed by atoms with Gasteiger partial charge in [-0.05, 0) is 32.4 Å². The summed E-state index contributed by atoms with van der Waals surface area (Å²) in [6.45, 7) is 5.64. The second-order valence-corrected chi connectivity index (χ2v) is 5.52. The molecular weight excluding hydrogens is 278 g/mol. The number of nitrogens with zero attached hydrogens (tertiary/aromatic N) is 1. The van der Waals surface area contributed by atoms with Crippen molar-refractivity contribution in [2.75, 3.05) is 31.6 Å². The van der Waals surface area contributed by atoms with Gasteiger partial charge in [0.25, 0.3) is 0 Å². The van der Waals surface area contributed by atoms with Crippen LogP contribution in [0.25, 0.3) is 0 Å². The predicted octanol–water partition coefficient (Wildman–Crippen LogP) is 3.82. The summed E-state index contributed by atoms with van der Waals surface area (Å²) in [5.74, 6) is 0. The van der Waals surface area contributed by atoms with Crippen LogP contribution in [-0.4, -0.2) is 41.6 Å². The van der Waals surface area contributed by atoms with Crippen LogP contribution in [0.3, 0.4) is 0 Å². The first-order chi connectivity index (χ1) is 8.35. The normalized spacial score (nSPS) is 11.3. The Morgan fingerprint density at radius 2 is 1.41 bits per heavy atom. The molecule has 0 fully saturated rings. The Hall–Kier alpha value is 0.400. The number of hydrogen-bond acceptors (Lipinski definition) is 2. The van der Waals surface area contributed by atoms with Crippen LogP contribution < -0.4 is 0 Å². The first-order valence-corrected chi connectivity index (χ1v) is 8.36. The summed E-state index contributed by atoms with van der Waals surface area (Å²) in [7, 11) is 0. The van der Waals surface area contributed by atoms with Gasteiger partial charge in [-0.1, -0.05) is 55.0 Å². The fourth-order valence-corrected chi connectivity index (χ4v) is 2.50. The molecule has 0 heterocycles. The molecule has 2 nitrogen and oxygen atoms in total. The molecule has 3 heteroatoms. The van der Waals surface area contributed by atoms with Gasteiger partial charge in [0.2, 0.25) is 0 Å². The van der Waals surface area contributed by atoms with Gasteiger partial charge in [-0.25, -0.2) is 0 Å². The van der Waals surface area contributed by atoms with E-state index in [1.165, 1.54) is 51.4 Å². The van der Waals surface area contributed by atoms with E-state index < -0.39 is 0 Å². The molecule has 0 atom stereocenters. The zero-order valence-electron chi connectivity index (χ0n) is 11.5. The van der Waals surface area contributed by atoms with Crippen LogP contribution >= 0.6 is 15.9 Å². The Bertz CT molecular complexity index is 138. The lowest BCUT2D eigenvalue weighted by molar-refractivity contribution is 0.193. The van der Waals surface area contributed by atoms with Gasteiger partial charge >= 0.3 is 0 Å². The van der Waals surface area contributed by atoms with Crippen molar-refractivity contribution in [1.82, 2.24) is 4.90 Å². The first kappa shape index (κ1) is 17.4. The lowest BCUT2D eigenvalue weighted by Gasteiger charge is -2.20. The van der Waals surface area contributed by atoms with Crippen LogP contribution in [-0.2, 0) is 0 Å². The van der Waals surface area contributed by atoms with E-state index in [1.807, 2.05) is 0 Å². The molecule has 0 aliphatic carbocycles. The number of halogens is 1. The molecule has 0 aliphatic rings. The van der Waals surface area contributed by atoms with Crippen molar-refractivity contribution in [1.29, 1.82) is 0 Å². The molecule has 0 unspecified atom stereocenters. The first-order valence-electron chi connectivity index (χ1n) is 7.24. The van der Waals surface area contributed by atoms with E-state index in [1.54, 1.807) is 0 Å². The van der Waals surface area contributed by atoms with Gasteiger partial charge < -0.3 is 10.0 Å². The van der Waals surface area contributed by atoms with Crippen LogP contribution in [0.15, 0.2) is 0 Å². The van der Waals surface area contributed by atoms with Crippen molar-refractivity contribution in [2.24, 2.45) is 0 Å². The van der Waals surface area contributed by atoms with E-state index in [0.29, 0.717) is 6.61 Å². The van der Waals surface area contributed by atoms with Crippen LogP contribution in [0, 0.1) is 0 Å². The molecule has 0 aromatic carbocycles. The van der Waals surface area contributed by atoms with Gasteiger partial charge in [0.1, 0.15) is 0 Å². The standard InChI is InChI=1S/C14H30BrNO/c1-2-11-16(13-14-17)12-9-7-5-3-4-6-8-10-15/h17H,2-14H2,1H3. The molecule has 0 aromatic rings. The molecule has 17 heavy (non-hydrogen) atoms. The van der Waals surface area contributed by atoms with Gasteiger partial charge in [-0.3, -0.25) is 0 Å². The Labute approximate surface area is 116 Å². The maximum absolute atomic E-state index is 8.94. The lowest BCUT2D eigenvalue weighted by Crippen LogP contribution is -2.28. The minimum Gasteiger partial charge on any atom is -0.395 e. The Kier molecular flexibility index (Phi) is 14.8. The molecule has 0 rings (SSSR count). The van der Waals surface area contributed by atoms with E-state index in [-0.39, 0.29) is 0 Å². The molecule has 1 N–H and O–H groups in total. The number of aliphatic hydroxyl groups excluding tert-OH is 1. The third-order valence-electron chi connectivity index (χ3n) is 3.06. The number of rotatable bonds is 13. The van der Waals surface area contributed by atoms with Gasteiger partial charge in [0, 0.05) is 11.9 Å². The predicted molar refractivity (Wildman–Crippen MR) is 79.9 cm³/mol. The Balaban J connectivity index is 3.23. The van der Waals surface area contributed by atoms with Crippen molar-refractivity contribution < 1.29 is 5.11 Å². The van der Waals surface area contributed by atoms with E-state index >= 15 is 0 Å². The maximum Gasteiger partial charge on any atom is 0.0558 e. The molecular formula is C14H30BrNO. The van der Waals surface area contributed by atoms with Crippen LogP contribution in [0.4, 0.5) is 0 Å². The number of hydrogen-bond donors (Lipinski definition) is 1. The molecule has 0 amide bonds. The van der Waals surface area contributed by atoms with Crippen LogP contribution in [0.2, 0.25) is 0 Å². The minimum atomic E-state index is 0.298. The quantitative estimate of drug-likeness (QED) is 0.413. The topological polar surface area (TPSA) is 23.5 Å². The molecule has 0 aliphatic heterocycles. The summed E-state index contributed by atoms with van der Waals surface area (Å²) >= 11 is 3.46. The molecule has 0 saturated carbocycles. The molecule has 0 aromatic heterocycles. The summed E-state index contributed by atoms with van der Waals surface area (Å²) in [6.07, 6.45) is 10.7. The minimum absolute atomic E-state index is 0.298. The SMILES string of the molecule is CCCN(CCO)CCCCCCCCCBr. The second kappa shape index (κ2) is 14.5. The highest BCUT2D eigenvalue weighted by Crippen LogP contribution is 2.08. The zero-order valence-corrected chi connectivity index (χ0v) is 13.1. The largest absolute Gasteiger partial charge is 0.395 e. The highest BCUT2D eigenvalue weighted by Gasteiger charge is 2.01. The summed E-state index contributed by atoms with van der Waals surface area (Å²) in [4.78, 5) is 2.38. The van der Waals surface area contributed by atoms with Crippen LogP contribution in [0.5, 0.6) is 0 Å². The number of unbranched alkanes of at least 4 members (excludes halogenated alkanes) is 6. The van der Waals surface area contributed by atoms with E-state index in [4.69, 9.17) is 5.11 Å². The maximum atomic E-state index is 8.94. The summed E-state index contributed by atoms with van der Waals surface area (Å²) in [5.41, 5.74) is 0. The van der Waals surface area contributed by atoms with Crippen molar-refractivity contribution in [2.45, 2.75) is 58.3 Å². The monoisotopic (exact) mass is 307 g/mol. The van der Waals surface area contributed by atoms with Crippen molar-refractivity contribution >= 4 is 15.9 Å². The average molecular weight is 308 g/mol. The Morgan fingerprint density at radius 3 is 1.94 bits per heavy atom. The van der Waals surface area contributed by atoms with Gasteiger partial charge in [-0.15, -0.1) is 0 Å². The third-order valence-corrected chi connectivity index (χ3v) is 3.62.